The zero-order valence-corrected chi connectivity index (χ0v) is 12.6. The van der Waals surface area contributed by atoms with Crippen LogP contribution in [0.4, 0.5) is 0 Å². The molecular weight excluding hydrogens is 268 g/mol. The Hall–Kier alpha value is -1.33. The highest BCUT2D eigenvalue weighted by Gasteiger charge is 2.42. The number of rotatable bonds is 5. The number of nitrogens with zero attached hydrogens (tertiary/aromatic N) is 1. The van der Waals surface area contributed by atoms with Gasteiger partial charge in [0.25, 0.3) is 5.91 Å². The van der Waals surface area contributed by atoms with Crippen LogP contribution >= 0.6 is 0 Å². The SMILES string of the molecule is CCCN1CCO[C@@H]2[C@@H](CNC(=O)c3ccco3)CC[C@H]21. The van der Waals surface area contributed by atoms with Crippen LogP contribution in [0.25, 0.3) is 0 Å². The van der Waals surface area contributed by atoms with Gasteiger partial charge < -0.3 is 14.5 Å². The fourth-order valence-corrected chi connectivity index (χ4v) is 3.64. The molecule has 1 aliphatic carbocycles. The largest absolute Gasteiger partial charge is 0.459 e. The lowest BCUT2D eigenvalue weighted by molar-refractivity contribution is -0.0725. The van der Waals surface area contributed by atoms with Crippen molar-refractivity contribution in [3.63, 3.8) is 0 Å². The maximum atomic E-state index is 11.9. The Kier molecular flexibility index (Phi) is 4.60. The normalized spacial score (nSPS) is 29.3. The van der Waals surface area contributed by atoms with Crippen molar-refractivity contribution < 1.29 is 13.9 Å². The third kappa shape index (κ3) is 3.14. The van der Waals surface area contributed by atoms with Crippen LogP contribution in [-0.2, 0) is 4.74 Å². The number of amides is 1. The summed E-state index contributed by atoms with van der Waals surface area (Å²) in [5.41, 5.74) is 0. The van der Waals surface area contributed by atoms with Gasteiger partial charge in [-0.3, -0.25) is 9.69 Å². The predicted molar refractivity (Wildman–Crippen MR) is 79.2 cm³/mol. The molecule has 1 N–H and O–H groups in total. The summed E-state index contributed by atoms with van der Waals surface area (Å²) >= 11 is 0. The molecule has 2 heterocycles. The lowest BCUT2D eigenvalue weighted by atomic mass is 10.0. The maximum Gasteiger partial charge on any atom is 0.286 e. The Bertz CT molecular complexity index is 458. The molecule has 0 radical (unpaired) electrons. The highest BCUT2D eigenvalue weighted by molar-refractivity contribution is 5.91. The summed E-state index contributed by atoms with van der Waals surface area (Å²) < 4.78 is 11.1. The molecule has 1 saturated carbocycles. The number of carbonyl (C=O) groups is 1. The predicted octanol–water partition coefficient (Wildman–Crippen LogP) is 1.90. The highest BCUT2D eigenvalue weighted by Crippen LogP contribution is 2.34. The Balaban J connectivity index is 1.54. The summed E-state index contributed by atoms with van der Waals surface area (Å²) in [5, 5.41) is 2.98. The number of fused-ring (bicyclic) bond motifs is 1. The van der Waals surface area contributed by atoms with Gasteiger partial charge in [0.15, 0.2) is 5.76 Å². The van der Waals surface area contributed by atoms with E-state index in [1.807, 2.05) is 0 Å². The molecule has 2 fully saturated rings. The first-order chi connectivity index (χ1) is 10.3. The van der Waals surface area contributed by atoms with Crippen LogP contribution in [-0.4, -0.2) is 49.2 Å². The molecule has 3 rings (SSSR count). The van der Waals surface area contributed by atoms with Gasteiger partial charge in [0.1, 0.15) is 0 Å². The zero-order valence-electron chi connectivity index (χ0n) is 12.6. The van der Waals surface area contributed by atoms with Gasteiger partial charge in [-0.05, 0) is 37.9 Å². The topological polar surface area (TPSA) is 54.7 Å². The smallest absolute Gasteiger partial charge is 0.286 e. The van der Waals surface area contributed by atoms with E-state index in [0.717, 1.165) is 26.1 Å². The van der Waals surface area contributed by atoms with Crippen molar-refractivity contribution in [2.24, 2.45) is 5.92 Å². The van der Waals surface area contributed by atoms with Crippen molar-refractivity contribution in [2.75, 3.05) is 26.2 Å². The highest BCUT2D eigenvalue weighted by atomic mass is 16.5. The fourth-order valence-electron chi connectivity index (χ4n) is 3.64. The van der Waals surface area contributed by atoms with Gasteiger partial charge >= 0.3 is 0 Å². The summed E-state index contributed by atoms with van der Waals surface area (Å²) in [6, 6.07) is 3.95. The quantitative estimate of drug-likeness (QED) is 0.900. The van der Waals surface area contributed by atoms with Crippen LogP contribution in [0.15, 0.2) is 22.8 Å². The number of nitrogens with one attached hydrogen (secondary N) is 1. The maximum absolute atomic E-state index is 11.9. The van der Waals surface area contributed by atoms with Crippen LogP contribution < -0.4 is 5.32 Å². The van der Waals surface area contributed by atoms with Crippen LogP contribution in [0, 0.1) is 5.92 Å². The summed E-state index contributed by atoms with van der Waals surface area (Å²) in [6.07, 6.45) is 5.26. The second-order valence-electron chi connectivity index (χ2n) is 5.96. The van der Waals surface area contributed by atoms with E-state index in [4.69, 9.17) is 9.15 Å². The van der Waals surface area contributed by atoms with E-state index in [1.54, 1.807) is 12.1 Å². The van der Waals surface area contributed by atoms with Crippen molar-refractivity contribution in [2.45, 2.75) is 38.3 Å². The molecule has 0 aromatic carbocycles. The van der Waals surface area contributed by atoms with Crippen LogP contribution in [0.5, 0.6) is 0 Å². The monoisotopic (exact) mass is 292 g/mol. The summed E-state index contributed by atoms with van der Waals surface area (Å²) in [5.74, 6) is 0.653. The Morgan fingerprint density at radius 2 is 2.38 bits per heavy atom. The molecule has 2 aliphatic rings. The van der Waals surface area contributed by atoms with Crippen LogP contribution in [0.1, 0.15) is 36.7 Å². The molecule has 21 heavy (non-hydrogen) atoms. The van der Waals surface area contributed by atoms with E-state index in [0.29, 0.717) is 24.3 Å². The third-order valence-electron chi connectivity index (χ3n) is 4.62. The van der Waals surface area contributed by atoms with E-state index in [2.05, 4.69) is 17.1 Å². The molecule has 1 amide bonds. The summed E-state index contributed by atoms with van der Waals surface area (Å²) in [6.45, 7) is 5.89. The van der Waals surface area contributed by atoms with Gasteiger partial charge in [0.05, 0.1) is 19.0 Å². The van der Waals surface area contributed by atoms with E-state index >= 15 is 0 Å². The van der Waals surface area contributed by atoms with Crippen LogP contribution in [0.3, 0.4) is 0 Å². The van der Waals surface area contributed by atoms with Gasteiger partial charge in [-0.1, -0.05) is 6.92 Å². The second kappa shape index (κ2) is 6.62. The van der Waals surface area contributed by atoms with Gasteiger partial charge in [-0.2, -0.15) is 0 Å². The van der Waals surface area contributed by atoms with Crippen molar-refractivity contribution in [1.82, 2.24) is 10.2 Å². The molecule has 116 valence electrons. The number of morpholine rings is 1. The van der Waals surface area contributed by atoms with E-state index in [1.165, 1.54) is 19.1 Å². The molecule has 3 atom stereocenters. The number of furan rings is 1. The Labute approximate surface area is 125 Å². The standard InChI is InChI=1S/C16H24N2O3/c1-2-7-18-8-10-21-15-12(5-6-13(15)18)11-17-16(19)14-4-3-9-20-14/h3-4,9,12-13,15H,2,5-8,10-11H2,1H3,(H,17,19)/t12-,13-,15-/m1/s1. The van der Waals surface area contributed by atoms with Gasteiger partial charge in [0.2, 0.25) is 0 Å². The second-order valence-corrected chi connectivity index (χ2v) is 5.96. The number of hydrogen-bond acceptors (Lipinski definition) is 4. The Morgan fingerprint density at radius 1 is 1.48 bits per heavy atom. The first-order valence-corrected chi connectivity index (χ1v) is 7.97. The van der Waals surface area contributed by atoms with E-state index in [-0.39, 0.29) is 12.0 Å². The van der Waals surface area contributed by atoms with Crippen molar-refractivity contribution >= 4 is 5.91 Å². The first kappa shape index (κ1) is 14.6. The van der Waals surface area contributed by atoms with Crippen molar-refractivity contribution in [3.05, 3.63) is 24.2 Å². The fraction of sp³-hybridized carbons (Fsp3) is 0.688. The molecule has 1 aromatic rings. The molecule has 0 unspecified atom stereocenters. The van der Waals surface area contributed by atoms with Gasteiger partial charge in [-0.15, -0.1) is 0 Å². The molecule has 1 saturated heterocycles. The van der Waals surface area contributed by atoms with Crippen LogP contribution in [0.2, 0.25) is 0 Å². The number of ether oxygens (including phenoxy) is 1. The van der Waals surface area contributed by atoms with Crippen molar-refractivity contribution in [1.29, 1.82) is 0 Å². The molecule has 5 nitrogen and oxygen atoms in total. The van der Waals surface area contributed by atoms with E-state index in [9.17, 15) is 4.79 Å². The number of carbonyl (C=O) groups excluding carboxylic acids is 1. The molecule has 1 aromatic heterocycles. The lowest BCUT2D eigenvalue weighted by Gasteiger charge is -2.39. The van der Waals surface area contributed by atoms with Gasteiger partial charge in [0, 0.05) is 25.0 Å². The minimum absolute atomic E-state index is 0.135. The third-order valence-corrected chi connectivity index (χ3v) is 4.62. The zero-order chi connectivity index (χ0) is 14.7. The molecule has 0 spiro atoms. The average Bonchev–Trinajstić information content (AvgIpc) is 3.15. The lowest BCUT2D eigenvalue weighted by Crippen LogP contribution is -2.51. The Morgan fingerprint density at radius 3 is 3.14 bits per heavy atom. The van der Waals surface area contributed by atoms with Gasteiger partial charge in [-0.25, -0.2) is 0 Å². The molecule has 5 heteroatoms. The average molecular weight is 292 g/mol. The molecular formula is C16H24N2O3. The molecule has 1 aliphatic heterocycles. The van der Waals surface area contributed by atoms with E-state index < -0.39 is 0 Å². The minimum atomic E-state index is -0.135. The first-order valence-electron chi connectivity index (χ1n) is 7.97. The summed E-state index contributed by atoms with van der Waals surface area (Å²) in [7, 11) is 0. The van der Waals surface area contributed by atoms with Crippen molar-refractivity contribution in [3.8, 4) is 0 Å². The number of hydrogen-bond donors (Lipinski definition) is 1. The molecule has 0 bridgehead atoms. The summed E-state index contributed by atoms with van der Waals surface area (Å²) in [4.78, 5) is 14.5. The minimum Gasteiger partial charge on any atom is -0.459 e.